The SMILES string of the molecule is CC(C)N1c2ccccc2N(c2cccc(-c3cccn3C)[n+]2C)[C@@H]1C. The van der Waals surface area contributed by atoms with Gasteiger partial charge in [-0.15, -0.1) is 0 Å². The first-order chi connectivity index (χ1) is 12.5. The van der Waals surface area contributed by atoms with E-state index >= 15 is 0 Å². The summed E-state index contributed by atoms with van der Waals surface area (Å²) in [4.78, 5) is 4.94. The summed E-state index contributed by atoms with van der Waals surface area (Å²) >= 11 is 0. The summed E-state index contributed by atoms with van der Waals surface area (Å²) in [5, 5.41) is 0. The molecule has 3 aromatic rings. The molecule has 134 valence electrons. The van der Waals surface area contributed by atoms with Gasteiger partial charge < -0.3 is 9.47 Å². The van der Waals surface area contributed by atoms with Crippen LogP contribution >= 0.6 is 0 Å². The third kappa shape index (κ3) is 2.40. The predicted octanol–water partition coefficient (Wildman–Crippen LogP) is 4.23. The second-order valence-electron chi connectivity index (χ2n) is 7.32. The summed E-state index contributed by atoms with van der Waals surface area (Å²) in [7, 11) is 4.25. The van der Waals surface area contributed by atoms with Crippen molar-refractivity contribution in [3.63, 3.8) is 0 Å². The highest BCUT2D eigenvalue weighted by molar-refractivity contribution is 5.82. The molecule has 26 heavy (non-hydrogen) atoms. The van der Waals surface area contributed by atoms with Crippen molar-refractivity contribution >= 4 is 17.2 Å². The van der Waals surface area contributed by atoms with Crippen molar-refractivity contribution in [1.82, 2.24) is 4.57 Å². The van der Waals surface area contributed by atoms with Crippen LogP contribution in [0, 0.1) is 0 Å². The second-order valence-corrected chi connectivity index (χ2v) is 7.32. The van der Waals surface area contributed by atoms with E-state index in [0.717, 1.165) is 0 Å². The molecule has 3 heterocycles. The van der Waals surface area contributed by atoms with Crippen molar-refractivity contribution < 1.29 is 4.57 Å². The van der Waals surface area contributed by atoms with Crippen LogP contribution in [0.2, 0.25) is 0 Å². The van der Waals surface area contributed by atoms with Gasteiger partial charge in [0.05, 0.1) is 18.4 Å². The van der Waals surface area contributed by atoms with E-state index in [9.17, 15) is 0 Å². The normalized spacial score (nSPS) is 16.5. The molecule has 2 aromatic heterocycles. The van der Waals surface area contributed by atoms with E-state index in [4.69, 9.17) is 0 Å². The first kappa shape index (κ1) is 16.7. The summed E-state index contributed by atoms with van der Waals surface area (Å²) in [5.74, 6) is 1.20. The van der Waals surface area contributed by atoms with E-state index in [2.05, 4.69) is 115 Å². The summed E-state index contributed by atoms with van der Waals surface area (Å²) in [6.45, 7) is 6.81. The van der Waals surface area contributed by atoms with Crippen LogP contribution in [0.5, 0.6) is 0 Å². The highest BCUT2D eigenvalue weighted by Gasteiger charge is 2.42. The van der Waals surface area contributed by atoms with E-state index < -0.39 is 0 Å². The zero-order valence-corrected chi connectivity index (χ0v) is 16.2. The number of hydrogen-bond donors (Lipinski definition) is 0. The number of nitrogens with zero attached hydrogens (tertiary/aromatic N) is 4. The Morgan fingerprint density at radius 1 is 0.923 bits per heavy atom. The van der Waals surface area contributed by atoms with Crippen molar-refractivity contribution in [2.24, 2.45) is 14.1 Å². The lowest BCUT2D eigenvalue weighted by Gasteiger charge is -2.28. The van der Waals surface area contributed by atoms with Gasteiger partial charge in [-0.2, -0.15) is 0 Å². The first-order valence-electron chi connectivity index (χ1n) is 9.28. The Labute approximate surface area is 155 Å². The van der Waals surface area contributed by atoms with E-state index in [1.807, 2.05) is 0 Å². The predicted molar refractivity (Wildman–Crippen MR) is 108 cm³/mol. The van der Waals surface area contributed by atoms with Crippen LogP contribution in [0.15, 0.2) is 60.8 Å². The van der Waals surface area contributed by atoms with Gasteiger partial charge in [0, 0.05) is 25.4 Å². The molecule has 1 aromatic carbocycles. The molecule has 0 spiro atoms. The molecule has 0 aliphatic carbocycles. The number of anilines is 3. The summed E-state index contributed by atoms with van der Waals surface area (Å²) in [6, 6.07) is 20.0. The molecule has 1 aliphatic rings. The van der Waals surface area contributed by atoms with Crippen LogP contribution in [0.3, 0.4) is 0 Å². The Hall–Kier alpha value is -2.75. The topological polar surface area (TPSA) is 15.3 Å². The number of fused-ring (bicyclic) bond motifs is 1. The van der Waals surface area contributed by atoms with Crippen LogP contribution in [0.25, 0.3) is 11.4 Å². The van der Waals surface area contributed by atoms with Crippen molar-refractivity contribution in [3.05, 3.63) is 60.8 Å². The monoisotopic (exact) mass is 347 g/mol. The zero-order chi connectivity index (χ0) is 18.4. The highest BCUT2D eigenvalue weighted by atomic mass is 15.4. The molecule has 0 fully saturated rings. The molecule has 0 bridgehead atoms. The maximum Gasteiger partial charge on any atom is 0.283 e. The molecule has 4 heteroatoms. The van der Waals surface area contributed by atoms with Crippen LogP contribution in [-0.2, 0) is 14.1 Å². The molecular weight excluding hydrogens is 320 g/mol. The van der Waals surface area contributed by atoms with Crippen molar-refractivity contribution in [3.8, 4) is 11.4 Å². The lowest BCUT2D eigenvalue weighted by atomic mass is 10.2. The fourth-order valence-electron chi connectivity index (χ4n) is 4.24. The molecule has 0 radical (unpaired) electrons. The van der Waals surface area contributed by atoms with Gasteiger partial charge in [0.1, 0.15) is 0 Å². The van der Waals surface area contributed by atoms with Crippen molar-refractivity contribution in [2.45, 2.75) is 33.0 Å². The largest absolute Gasteiger partial charge is 0.348 e. The molecule has 0 unspecified atom stereocenters. The van der Waals surface area contributed by atoms with Gasteiger partial charge in [-0.25, -0.2) is 9.47 Å². The van der Waals surface area contributed by atoms with E-state index in [1.165, 1.54) is 28.6 Å². The van der Waals surface area contributed by atoms with Gasteiger partial charge in [0.15, 0.2) is 17.5 Å². The van der Waals surface area contributed by atoms with E-state index in [-0.39, 0.29) is 6.17 Å². The maximum atomic E-state index is 2.49. The van der Waals surface area contributed by atoms with Crippen molar-refractivity contribution in [1.29, 1.82) is 0 Å². The van der Waals surface area contributed by atoms with Crippen LogP contribution < -0.4 is 14.4 Å². The third-order valence-corrected chi connectivity index (χ3v) is 5.41. The first-order valence-corrected chi connectivity index (χ1v) is 9.28. The molecule has 1 aliphatic heterocycles. The molecule has 4 rings (SSSR count). The molecule has 0 saturated heterocycles. The average molecular weight is 347 g/mol. The molecular formula is C22H27N4+. The minimum atomic E-state index is 0.266. The Bertz CT molecular complexity index is 941. The summed E-state index contributed by atoms with van der Waals surface area (Å²) in [6.07, 6.45) is 2.36. The van der Waals surface area contributed by atoms with E-state index in [0.29, 0.717) is 6.04 Å². The molecule has 0 N–H and O–H groups in total. The number of pyridine rings is 1. The average Bonchev–Trinajstić information content (AvgIpc) is 3.16. The molecule has 4 nitrogen and oxygen atoms in total. The van der Waals surface area contributed by atoms with Gasteiger partial charge in [0.25, 0.3) is 5.82 Å². The standard InChI is InChI=1S/C22H27N4/c1-16(2)25-17(3)26(21-11-7-6-10-20(21)25)22-14-8-12-19(24(22)5)18-13-9-15-23(18)4/h6-17H,1-5H3/q+1/t17-/m1/s1. The van der Waals surface area contributed by atoms with Gasteiger partial charge in [-0.3, -0.25) is 0 Å². The quantitative estimate of drug-likeness (QED) is 0.659. The Morgan fingerprint density at radius 2 is 1.65 bits per heavy atom. The van der Waals surface area contributed by atoms with Crippen LogP contribution in [-0.4, -0.2) is 16.8 Å². The maximum absolute atomic E-state index is 2.49. The minimum absolute atomic E-state index is 0.266. The van der Waals surface area contributed by atoms with E-state index in [1.54, 1.807) is 0 Å². The number of para-hydroxylation sites is 2. The molecule has 0 amide bonds. The van der Waals surface area contributed by atoms with Crippen LogP contribution in [0.4, 0.5) is 17.2 Å². The smallest absolute Gasteiger partial charge is 0.283 e. The fraction of sp³-hybridized carbons (Fsp3) is 0.318. The molecule has 0 saturated carbocycles. The highest BCUT2D eigenvalue weighted by Crippen LogP contribution is 2.43. The third-order valence-electron chi connectivity index (χ3n) is 5.41. The number of aryl methyl sites for hydroxylation is 1. The molecule has 1 atom stereocenters. The fourth-order valence-corrected chi connectivity index (χ4v) is 4.24. The Balaban J connectivity index is 1.88. The number of benzene rings is 1. The number of aromatic nitrogens is 2. The van der Waals surface area contributed by atoms with Crippen LogP contribution in [0.1, 0.15) is 20.8 Å². The van der Waals surface area contributed by atoms with Gasteiger partial charge in [-0.1, -0.05) is 12.1 Å². The number of rotatable bonds is 3. The lowest BCUT2D eigenvalue weighted by Crippen LogP contribution is -2.47. The minimum Gasteiger partial charge on any atom is -0.348 e. The Kier molecular flexibility index (Phi) is 3.98. The van der Waals surface area contributed by atoms with Gasteiger partial charge in [0.2, 0.25) is 0 Å². The lowest BCUT2D eigenvalue weighted by molar-refractivity contribution is -0.647. The van der Waals surface area contributed by atoms with Gasteiger partial charge in [-0.05, 0) is 57.2 Å². The van der Waals surface area contributed by atoms with Gasteiger partial charge >= 0.3 is 0 Å². The van der Waals surface area contributed by atoms with Crippen molar-refractivity contribution in [2.75, 3.05) is 9.80 Å². The summed E-state index contributed by atoms with van der Waals surface area (Å²) < 4.78 is 4.47. The Morgan fingerprint density at radius 3 is 2.31 bits per heavy atom. The summed E-state index contributed by atoms with van der Waals surface area (Å²) in [5.41, 5.74) is 5.01. The zero-order valence-electron chi connectivity index (χ0n) is 16.2. The second kappa shape index (κ2) is 6.20. The number of hydrogen-bond acceptors (Lipinski definition) is 2.